The molecule has 10 heteroatoms. The number of fused-ring (bicyclic) bond motifs is 1. The number of thiazole rings is 1. The standard InChI is InChI=1S/C33H31N3O6S/c1-3-4-8-19-41-27-17-13-25(14-18-27)30-29(32(38)42-21-24-9-6-5-7-10-24)22(2)34-33-35(30)31(37)28(43-33)20-23-11-15-26(16-12-23)36(39)40/h5-7,9-18,20,30H,3-4,8,19,21H2,1-2H3/b28-20-. The summed E-state index contributed by atoms with van der Waals surface area (Å²) in [5, 5.41) is 11.1. The van der Waals surface area contributed by atoms with Crippen LogP contribution in [0.25, 0.3) is 6.08 Å². The van der Waals surface area contributed by atoms with E-state index in [4.69, 9.17) is 9.47 Å². The van der Waals surface area contributed by atoms with Crippen molar-refractivity contribution < 1.29 is 19.2 Å². The van der Waals surface area contributed by atoms with Gasteiger partial charge in [-0.15, -0.1) is 0 Å². The van der Waals surface area contributed by atoms with Crippen LogP contribution in [-0.2, 0) is 16.1 Å². The van der Waals surface area contributed by atoms with Crippen LogP contribution in [-0.4, -0.2) is 22.1 Å². The van der Waals surface area contributed by atoms with E-state index in [2.05, 4.69) is 11.9 Å². The van der Waals surface area contributed by atoms with Crippen LogP contribution in [0.2, 0.25) is 0 Å². The average molecular weight is 598 g/mol. The minimum atomic E-state index is -0.771. The van der Waals surface area contributed by atoms with E-state index < -0.39 is 16.9 Å². The normalized spacial score (nSPS) is 14.7. The molecular weight excluding hydrogens is 566 g/mol. The van der Waals surface area contributed by atoms with Crippen molar-refractivity contribution in [1.29, 1.82) is 0 Å². The number of aromatic nitrogens is 1. The number of carbonyl (C=O) groups is 1. The number of ether oxygens (including phenoxy) is 2. The molecule has 0 saturated heterocycles. The summed E-state index contributed by atoms with van der Waals surface area (Å²) >= 11 is 1.20. The quantitative estimate of drug-likeness (QED) is 0.0983. The number of nitro groups is 1. The fourth-order valence-corrected chi connectivity index (χ4v) is 5.88. The van der Waals surface area contributed by atoms with Crippen LogP contribution < -0.4 is 19.6 Å². The van der Waals surface area contributed by atoms with Crippen molar-refractivity contribution in [3.05, 3.63) is 137 Å². The van der Waals surface area contributed by atoms with Gasteiger partial charge in [-0.05, 0) is 60.4 Å². The molecule has 0 radical (unpaired) electrons. The van der Waals surface area contributed by atoms with Crippen molar-refractivity contribution in [3.63, 3.8) is 0 Å². The Morgan fingerprint density at radius 2 is 1.77 bits per heavy atom. The Bertz CT molecular complexity index is 1820. The van der Waals surface area contributed by atoms with Gasteiger partial charge in [-0.25, -0.2) is 9.79 Å². The second kappa shape index (κ2) is 13.4. The van der Waals surface area contributed by atoms with Crippen LogP contribution in [0.15, 0.2) is 99.9 Å². The van der Waals surface area contributed by atoms with E-state index in [1.54, 1.807) is 25.1 Å². The number of non-ortho nitro benzene ring substituents is 1. The minimum Gasteiger partial charge on any atom is -0.494 e. The van der Waals surface area contributed by atoms with Gasteiger partial charge >= 0.3 is 5.97 Å². The zero-order chi connectivity index (χ0) is 30.3. The van der Waals surface area contributed by atoms with Crippen molar-refractivity contribution in [1.82, 2.24) is 4.57 Å². The second-order valence-electron chi connectivity index (χ2n) is 10.1. The Kier molecular flexibility index (Phi) is 9.26. The Hall–Kier alpha value is -4.83. The lowest BCUT2D eigenvalue weighted by atomic mass is 9.96. The lowest BCUT2D eigenvalue weighted by Gasteiger charge is -2.25. The third-order valence-electron chi connectivity index (χ3n) is 7.07. The molecule has 0 spiro atoms. The maximum Gasteiger partial charge on any atom is 0.338 e. The molecule has 1 aromatic heterocycles. The van der Waals surface area contributed by atoms with Gasteiger partial charge in [0, 0.05) is 12.1 Å². The molecule has 0 aliphatic carbocycles. The zero-order valence-electron chi connectivity index (χ0n) is 23.9. The van der Waals surface area contributed by atoms with E-state index in [1.807, 2.05) is 54.6 Å². The van der Waals surface area contributed by atoms with Gasteiger partial charge in [0.15, 0.2) is 4.80 Å². The molecule has 0 saturated carbocycles. The molecule has 2 heterocycles. The highest BCUT2D eigenvalue weighted by Gasteiger charge is 2.33. The second-order valence-corrected chi connectivity index (χ2v) is 11.1. The molecule has 43 heavy (non-hydrogen) atoms. The molecule has 3 aromatic carbocycles. The Labute approximate surface area is 252 Å². The van der Waals surface area contributed by atoms with Gasteiger partial charge in [0.05, 0.1) is 33.4 Å². The molecule has 1 unspecified atom stereocenters. The number of hydrogen-bond donors (Lipinski definition) is 0. The Morgan fingerprint density at radius 1 is 1.05 bits per heavy atom. The number of esters is 1. The maximum atomic E-state index is 13.9. The van der Waals surface area contributed by atoms with Crippen LogP contribution >= 0.6 is 11.3 Å². The number of benzene rings is 3. The van der Waals surface area contributed by atoms with Gasteiger partial charge in [-0.3, -0.25) is 19.5 Å². The minimum absolute atomic E-state index is 0.0364. The number of hydrogen-bond acceptors (Lipinski definition) is 8. The highest BCUT2D eigenvalue weighted by atomic mass is 32.1. The summed E-state index contributed by atoms with van der Waals surface area (Å²) in [5.41, 5.74) is 2.57. The van der Waals surface area contributed by atoms with Gasteiger partial charge in [0.2, 0.25) is 0 Å². The van der Waals surface area contributed by atoms with Gasteiger partial charge < -0.3 is 9.47 Å². The van der Waals surface area contributed by atoms with Crippen molar-refractivity contribution in [2.45, 2.75) is 45.8 Å². The van der Waals surface area contributed by atoms with E-state index in [0.717, 1.165) is 24.8 Å². The van der Waals surface area contributed by atoms with Crippen molar-refractivity contribution in [2.24, 2.45) is 4.99 Å². The van der Waals surface area contributed by atoms with E-state index in [0.29, 0.717) is 38.5 Å². The number of nitro benzene ring substituents is 1. The van der Waals surface area contributed by atoms with Crippen molar-refractivity contribution >= 4 is 29.1 Å². The monoisotopic (exact) mass is 597 g/mol. The first-order chi connectivity index (χ1) is 20.9. The van der Waals surface area contributed by atoms with E-state index in [1.165, 1.54) is 28.0 Å². The van der Waals surface area contributed by atoms with E-state index in [-0.39, 0.29) is 23.4 Å². The number of rotatable bonds is 11. The molecule has 9 nitrogen and oxygen atoms in total. The predicted octanol–water partition coefficient (Wildman–Crippen LogP) is 5.46. The molecule has 1 atom stereocenters. The molecule has 0 fully saturated rings. The molecule has 0 N–H and O–H groups in total. The summed E-state index contributed by atoms with van der Waals surface area (Å²) in [6.45, 7) is 4.57. The fraction of sp³-hybridized carbons (Fsp3) is 0.242. The first kappa shape index (κ1) is 29.7. The van der Waals surface area contributed by atoms with Crippen molar-refractivity contribution in [2.75, 3.05) is 6.61 Å². The lowest BCUT2D eigenvalue weighted by molar-refractivity contribution is -0.384. The average Bonchev–Trinajstić information content (AvgIpc) is 3.32. The van der Waals surface area contributed by atoms with Gasteiger partial charge in [-0.1, -0.05) is 73.6 Å². The molecule has 5 rings (SSSR count). The zero-order valence-corrected chi connectivity index (χ0v) is 24.7. The van der Waals surface area contributed by atoms with Crippen LogP contribution in [0.1, 0.15) is 55.8 Å². The summed E-state index contributed by atoms with van der Waals surface area (Å²) in [6.07, 6.45) is 4.82. The molecule has 0 bridgehead atoms. The largest absolute Gasteiger partial charge is 0.494 e. The Balaban J connectivity index is 1.53. The van der Waals surface area contributed by atoms with Gasteiger partial charge in [-0.2, -0.15) is 0 Å². The number of carbonyl (C=O) groups excluding carboxylic acids is 1. The first-order valence-electron chi connectivity index (χ1n) is 14.1. The summed E-state index contributed by atoms with van der Waals surface area (Å²) in [7, 11) is 0. The highest BCUT2D eigenvalue weighted by Crippen LogP contribution is 2.32. The summed E-state index contributed by atoms with van der Waals surface area (Å²) in [4.78, 5) is 43.1. The fourth-order valence-electron chi connectivity index (χ4n) is 4.83. The molecular formula is C33H31N3O6S. The third kappa shape index (κ3) is 6.81. The third-order valence-corrected chi connectivity index (χ3v) is 8.05. The number of allylic oxidation sites excluding steroid dienone is 1. The molecule has 220 valence electrons. The molecule has 1 aliphatic heterocycles. The number of unbranched alkanes of at least 4 members (excludes halogenated alkanes) is 2. The molecule has 0 amide bonds. The molecule has 4 aromatic rings. The van der Waals surface area contributed by atoms with Gasteiger partial charge in [0.25, 0.3) is 11.2 Å². The topological polar surface area (TPSA) is 113 Å². The first-order valence-corrected chi connectivity index (χ1v) is 14.9. The lowest BCUT2D eigenvalue weighted by Crippen LogP contribution is -2.39. The Morgan fingerprint density at radius 3 is 2.44 bits per heavy atom. The number of nitrogens with zero attached hydrogens (tertiary/aromatic N) is 3. The van der Waals surface area contributed by atoms with Crippen LogP contribution in [0.5, 0.6) is 5.75 Å². The van der Waals surface area contributed by atoms with Crippen LogP contribution in [0, 0.1) is 10.1 Å². The summed E-state index contributed by atoms with van der Waals surface area (Å²) < 4.78 is 13.5. The SMILES string of the molecule is CCCCCOc1ccc(C2C(C(=O)OCc3ccccc3)=C(C)N=c3s/c(=C\c4ccc([N+](=O)[O-])cc4)c(=O)n32)cc1. The van der Waals surface area contributed by atoms with Crippen LogP contribution in [0.4, 0.5) is 5.69 Å². The highest BCUT2D eigenvalue weighted by molar-refractivity contribution is 7.07. The summed E-state index contributed by atoms with van der Waals surface area (Å²) in [6, 6.07) is 22.0. The maximum absolute atomic E-state index is 13.9. The smallest absolute Gasteiger partial charge is 0.338 e. The summed E-state index contributed by atoms with van der Waals surface area (Å²) in [5.74, 6) is 0.152. The van der Waals surface area contributed by atoms with Gasteiger partial charge in [0.1, 0.15) is 12.4 Å². The predicted molar refractivity (Wildman–Crippen MR) is 165 cm³/mol. The van der Waals surface area contributed by atoms with Crippen LogP contribution in [0.3, 0.4) is 0 Å². The molecule has 1 aliphatic rings. The van der Waals surface area contributed by atoms with E-state index in [9.17, 15) is 19.7 Å². The van der Waals surface area contributed by atoms with E-state index >= 15 is 0 Å². The van der Waals surface area contributed by atoms with Crippen molar-refractivity contribution in [3.8, 4) is 5.75 Å².